The number of hydrogen-bond acceptors (Lipinski definition) is 9. The minimum Gasteiger partial charge on any atom is -0.394 e. The van der Waals surface area contributed by atoms with Gasteiger partial charge < -0.3 is 31.3 Å². The van der Waals surface area contributed by atoms with E-state index in [9.17, 15) is 33.3 Å². The van der Waals surface area contributed by atoms with Crippen molar-refractivity contribution >= 4 is 44.7 Å². The van der Waals surface area contributed by atoms with Gasteiger partial charge in [0.15, 0.2) is 0 Å². The monoisotopic (exact) mass is 575 g/mol. The van der Waals surface area contributed by atoms with E-state index >= 15 is 0 Å². The van der Waals surface area contributed by atoms with E-state index in [1.54, 1.807) is 11.6 Å². The summed E-state index contributed by atoms with van der Waals surface area (Å²) in [6, 6.07) is 8.27. The Labute approximate surface area is 231 Å². The number of fused-ring (bicyclic) bond motifs is 1. The van der Waals surface area contributed by atoms with Crippen LogP contribution in [-0.4, -0.2) is 62.2 Å². The highest BCUT2D eigenvalue weighted by atomic mass is 32.1. The van der Waals surface area contributed by atoms with Crippen molar-refractivity contribution in [3.05, 3.63) is 76.9 Å². The van der Waals surface area contributed by atoms with E-state index < -0.39 is 54.6 Å². The third-order valence-corrected chi connectivity index (χ3v) is 6.88. The molecule has 6 N–H and O–H groups in total. The molecule has 2 aromatic heterocycles. The molecule has 4 aromatic rings. The molecular formula is C27H28F3N5O4S. The SMILES string of the molecule is CC(C)(O)C(F)CNC(=O)c1cnc(Nc2ccc3ncsc3c2)cc1NC(c1cc(F)cc(F)c1)C(O)CO. The van der Waals surface area contributed by atoms with E-state index in [1.165, 1.54) is 37.4 Å². The molecule has 13 heteroatoms. The maximum atomic E-state index is 14.3. The Hall–Kier alpha value is -3.78. The Kier molecular flexibility index (Phi) is 8.88. The molecule has 212 valence electrons. The molecule has 0 aliphatic rings. The van der Waals surface area contributed by atoms with Crippen molar-refractivity contribution in [1.29, 1.82) is 0 Å². The molecule has 0 aliphatic heterocycles. The van der Waals surface area contributed by atoms with E-state index in [0.717, 1.165) is 22.3 Å². The second-order valence-electron chi connectivity index (χ2n) is 9.68. The van der Waals surface area contributed by atoms with Crippen LogP contribution in [-0.2, 0) is 0 Å². The van der Waals surface area contributed by atoms with Gasteiger partial charge in [0.25, 0.3) is 5.91 Å². The summed E-state index contributed by atoms with van der Waals surface area (Å²) in [6.07, 6.45) is -2.10. The highest BCUT2D eigenvalue weighted by Crippen LogP contribution is 2.30. The summed E-state index contributed by atoms with van der Waals surface area (Å²) in [6.45, 7) is 1.26. The van der Waals surface area contributed by atoms with Crippen LogP contribution < -0.4 is 16.0 Å². The molecule has 2 aromatic carbocycles. The molecule has 40 heavy (non-hydrogen) atoms. The molecule has 3 unspecified atom stereocenters. The lowest BCUT2D eigenvalue weighted by atomic mass is 10.00. The molecule has 0 radical (unpaired) electrons. The van der Waals surface area contributed by atoms with Crippen LogP contribution in [0.15, 0.2) is 54.2 Å². The van der Waals surface area contributed by atoms with Gasteiger partial charge in [-0.15, -0.1) is 11.3 Å². The number of carbonyl (C=O) groups excluding carboxylic acids is 1. The summed E-state index contributed by atoms with van der Waals surface area (Å²) in [5.41, 5.74) is 1.45. The van der Waals surface area contributed by atoms with Crippen LogP contribution in [0.25, 0.3) is 10.2 Å². The number of carbonyl (C=O) groups is 1. The molecule has 3 atom stereocenters. The Balaban J connectivity index is 1.69. The van der Waals surface area contributed by atoms with E-state index in [4.69, 9.17) is 0 Å². The third-order valence-electron chi connectivity index (χ3n) is 6.09. The molecule has 4 rings (SSSR count). The minimum atomic E-state index is -1.78. The van der Waals surface area contributed by atoms with Gasteiger partial charge in [0.2, 0.25) is 0 Å². The average molecular weight is 576 g/mol. The number of nitrogens with zero attached hydrogens (tertiary/aromatic N) is 2. The number of benzene rings is 2. The normalized spacial score (nSPS) is 14.0. The van der Waals surface area contributed by atoms with Crippen molar-refractivity contribution in [2.75, 3.05) is 23.8 Å². The highest BCUT2D eigenvalue weighted by Gasteiger charge is 2.28. The van der Waals surface area contributed by atoms with Gasteiger partial charge in [-0.3, -0.25) is 4.79 Å². The molecule has 0 fully saturated rings. The van der Waals surface area contributed by atoms with Crippen molar-refractivity contribution in [3.8, 4) is 0 Å². The highest BCUT2D eigenvalue weighted by molar-refractivity contribution is 7.16. The quantitative estimate of drug-likeness (QED) is 0.157. The number of halogens is 3. The smallest absolute Gasteiger partial charge is 0.255 e. The maximum Gasteiger partial charge on any atom is 0.255 e. The number of nitrogens with one attached hydrogen (secondary N) is 3. The zero-order chi connectivity index (χ0) is 29.0. The lowest BCUT2D eigenvalue weighted by molar-refractivity contribution is -0.00177. The predicted molar refractivity (Wildman–Crippen MR) is 146 cm³/mol. The summed E-state index contributed by atoms with van der Waals surface area (Å²) in [7, 11) is 0. The Morgan fingerprint density at radius 2 is 1.82 bits per heavy atom. The summed E-state index contributed by atoms with van der Waals surface area (Å²) in [5, 5.41) is 38.4. The number of aliphatic hydroxyl groups is 3. The molecule has 0 spiro atoms. The van der Waals surface area contributed by atoms with Crippen molar-refractivity contribution in [3.63, 3.8) is 0 Å². The number of anilines is 3. The first-order chi connectivity index (χ1) is 18.9. The van der Waals surface area contributed by atoms with Crippen molar-refractivity contribution in [2.45, 2.75) is 37.8 Å². The van der Waals surface area contributed by atoms with E-state index in [2.05, 4.69) is 25.9 Å². The number of thiazole rings is 1. The minimum absolute atomic E-state index is 0.0294. The molecule has 0 saturated heterocycles. The number of alkyl halides is 1. The van der Waals surface area contributed by atoms with Gasteiger partial charge in [0.1, 0.15) is 29.7 Å². The van der Waals surface area contributed by atoms with Crippen molar-refractivity contribution < 1.29 is 33.3 Å². The summed E-state index contributed by atoms with van der Waals surface area (Å²) < 4.78 is 43.2. The van der Waals surface area contributed by atoms with Gasteiger partial charge >= 0.3 is 0 Å². The van der Waals surface area contributed by atoms with Crippen LogP contribution in [0.4, 0.5) is 30.4 Å². The third kappa shape index (κ3) is 7.04. The van der Waals surface area contributed by atoms with Gasteiger partial charge in [0.05, 0.1) is 51.8 Å². The Morgan fingerprint density at radius 1 is 1.10 bits per heavy atom. The lowest BCUT2D eigenvalue weighted by Crippen LogP contribution is -2.42. The van der Waals surface area contributed by atoms with Crippen LogP contribution in [0.2, 0.25) is 0 Å². The fourth-order valence-electron chi connectivity index (χ4n) is 3.86. The number of rotatable bonds is 11. The predicted octanol–water partition coefficient (Wildman–Crippen LogP) is 4.06. The van der Waals surface area contributed by atoms with Gasteiger partial charge in [-0.05, 0) is 49.7 Å². The largest absolute Gasteiger partial charge is 0.394 e. The summed E-state index contributed by atoms with van der Waals surface area (Å²) >= 11 is 1.45. The van der Waals surface area contributed by atoms with E-state index in [-0.39, 0.29) is 22.6 Å². The van der Waals surface area contributed by atoms with Crippen LogP contribution in [0.5, 0.6) is 0 Å². The summed E-state index contributed by atoms with van der Waals surface area (Å²) in [5.74, 6) is -2.30. The van der Waals surface area contributed by atoms with Crippen molar-refractivity contribution in [2.24, 2.45) is 0 Å². The van der Waals surface area contributed by atoms with Crippen LogP contribution in [0, 0.1) is 11.6 Å². The van der Waals surface area contributed by atoms with Gasteiger partial charge in [-0.1, -0.05) is 0 Å². The first-order valence-corrected chi connectivity index (χ1v) is 13.1. The summed E-state index contributed by atoms with van der Waals surface area (Å²) in [4.78, 5) is 21.6. The van der Waals surface area contributed by atoms with Crippen LogP contribution in [0.1, 0.15) is 35.8 Å². The van der Waals surface area contributed by atoms with Gasteiger partial charge in [0, 0.05) is 24.0 Å². The average Bonchev–Trinajstić information content (AvgIpc) is 3.36. The molecule has 0 bridgehead atoms. The second kappa shape index (κ2) is 12.2. The number of aliphatic hydroxyl groups excluding tert-OH is 2. The maximum absolute atomic E-state index is 14.3. The van der Waals surface area contributed by atoms with E-state index in [0.29, 0.717) is 11.8 Å². The lowest BCUT2D eigenvalue weighted by Gasteiger charge is -2.26. The molecule has 2 heterocycles. The van der Waals surface area contributed by atoms with Crippen molar-refractivity contribution in [1.82, 2.24) is 15.3 Å². The molecule has 1 amide bonds. The number of aromatic nitrogens is 2. The van der Waals surface area contributed by atoms with Crippen LogP contribution in [0.3, 0.4) is 0 Å². The van der Waals surface area contributed by atoms with Crippen LogP contribution >= 0.6 is 11.3 Å². The number of pyridine rings is 1. The fourth-order valence-corrected chi connectivity index (χ4v) is 4.58. The zero-order valence-electron chi connectivity index (χ0n) is 21.5. The number of amides is 1. The first kappa shape index (κ1) is 29.2. The standard InChI is InChI=1S/C27H28F3N5O4S/c1-27(2,39)23(30)11-32-26(38)18-10-31-24(34-17-3-4-19-22(8-17)40-13-33-19)9-20(18)35-25(21(37)12-36)14-5-15(28)7-16(29)6-14/h3-10,13,21,23,25,36-37,39H,11-12H2,1-2H3,(H,32,38)(H2,31,34,35). The Bertz CT molecular complexity index is 1480. The molecule has 9 nitrogen and oxygen atoms in total. The Morgan fingerprint density at radius 3 is 2.50 bits per heavy atom. The topological polar surface area (TPSA) is 140 Å². The molecule has 0 saturated carbocycles. The number of hydrogen-bond donors (Lipinski definition) is 6. The zero-order valence-corrected chi connectivity index (χ0v) is 22.3. The second-order valence-corrected chi connectivity index (χ2v) is 10.6. The van der Waals surface area contributed by atoms with Gasteiger partial charge in [-0.2, -0.15) is 0 Å². The molecular weight excluding hydrogens is 547 g/mol. The van der Waals surface area contributed by atoms with Gasteiger partial charge in [-0.25, -0.2) is 23.1 Å². The molecule has 0 aliphatic carbocycles. The first-order valence-electron chi connectivity index (χ1n) is 12.2. The van der Waals surface area contributed by atoms with E-state index in [1.807, 2.05) is 12.1 Å². The fraction of sp³-hybridized carbons (Fsp3) is 0.296.